The highest BCUT2D eigenvalue weighted by Crippen LogP contribution is 2.09. The van der Waals surface area contributed by atoms with E-state index in [2.05, 4.69) is 33.0 Å². The quantitative estimate of drug-likeness (QED) is 0.716. The van der Waals surface area contributed by atoms with Crippen molar-refractivity contribution in [3.05, 3.63) is 0 Å². The lowest BCUT2D eigenvalue weighted by Gasteiger charge is -2.25. The van der Waals surface area contributed by atoms with Gasteiger partial charge in [0, 0.05) is 13.2 Å². The molecule has 0 heterocycles. The number of hydrogen-bond acceptors (Lipinski definition) is 2. The molecule has 0 aromatic rings. The molecule has 2 nitrogen and oxygen atoms in total. The van der Waals surface area contributed by atoms with E-state index in [1.165, 1.54) is 0 Å². The van der Waals surface area contributed by atoms with Crippen molar-refractivity contribution < 1.29 is 4.74 Å². The fourth-order valence-corrected chi connectivity index (χ4v) is 1.05. The molecule has 0 rings (SSSR count). The standard InChI is InChI=1S/C10H23NO.C2H6/c1-9(2)6-7-12-10(3,4)8-11-5;1-2/h9,11H,6-8H2,1-5H3;1-2H3. The van der Waals surface area contributed by atoms with Crippen LogP contribution in [0.15, 0.2) is 0 Å². The van der Waals surface area contributed by atoms with E-state index >= 15 is 0 Å². The van der Waals surface area contributed by atoms with Crippen LogP contribution in [0.3, 0.4) is 0 Å². The van der Waals surface area contributed by atoms with Gasteiger partial charge in [0.25, 0.3) is 0 Å². The second-order valence-electron chi connectivity index (χ2n) is 4.32. The largest absolute Gasteiger partial charge is 0.374 e. The number of rotatable bonds is 6. The van der Waals surface area contributed by atoms with E-state index < -0.39 is 0 Å². The van der Waals surface area contributed by atoms with Crippen molar-refractivity contribution in [3.63, 3.8) is 0 Å². The maximum atomic E-state index is 5.72. The van der Waals surface area contributed by atoms with Gasteiger partial charge in [0.1, 0.15) is 0 Å². The summed E-state index contributed by atoms with van der Waals surface area (Å²) in [5, 5.41) is 3.12. The van der Waals surface area contributed by atoms with Crippen molar-refractivity contribution in [2.75, 3.05) is 20.2 Å². The molecule has 0 aliphatic carbocycles. The summed E-state index contributed by atoms with van der Waals surface area (Å²) in [6, 6.07) is 0. The van der Waals surface area contributed by atoms with Gasteiger partial charge >= 0.3 is 0 Å². The van der Waals surface area contributed by atoms with Gasteiger partial charge in [-0.1, -0.05) is 27.7 Å². The lowest BCUT2D eigenvalue weighted by Crippen LogP contribution is -2.36. The summed E-state index contributed by atoms with van der Waals surface area (Å²) in [7, 11) is 1.95. The average Bonchev–Trinajstić information content (AvgIpc) is 2.06. The molecular weight excluding hydrogens is 174 g/mol. The molecule has 14 heavy (non-hydrogen) atoms. The third-order valence-corrected chi connectivity index (χ3v) is 1.79. The first-order valence-corrected chi connectivity index (χ1v) is 5.76. The van der Waals surface area contributed by atoms with Crippen LogP contribution in [0, 0.1) is 5.92 Å². The number of nitrogens with one attached hydrogen (secondary N) is 1. The molecule has 0 spiro atoms. The Morgan fingerprint density at radius 1 is 1.21 bits per heavy atom. The molecule has 0 saturated carbocycles. The van der Waals surface area contributed by atoms with Crippen LogP contribution < -0.4 is 5.32 Å². The summed E-state index contributed by atoms with van der Waals surface area (Å²) in [5.74, 6) is 0.732. The fourth-order valence-electron chi connectivity index (χ4n) is 1.05. The van der Waals surface area contributed by atoms with Gasteiger partial charge in [0.2, 0.25) is 0 Å². The Labute approximate surface area is 90.4 Å². The van der Waals surface area contributed by atoms with E-state index in [1.54, 1.807) is 0 Å². The molecule has 0 fully saturated rings. The summed E-state index contributed by atoms with van der Waals surface area (Å²) in [6.07, 6.45) is 1.15. The number of hydrogen-bond donors (Lipinski definition) is 1. The Balaban J connectivity index is 0. The van der Waals surface area contributed by atoms with Gasteiger partial charge in [-0.3, -0.25) is 0 Å². The molecule has 0 radical (unpaired) electrons. The van der Waals surface area contributed by atoms with Crippen molar-refractivity contribution in [2.45, 2.75) is 53.6 Å². The molecular formula is C12H29NO. The van der Waals surface area contributed by atoms with Crippen LogP contribution in [0.1, 0.15) is 48.0 Å². The predicted molar refractivity (Wildman–Crippen MR) is 64.8 cm³/mol. The fraction of sp³-hybridized carbons (Fsp3) is 1.00. The van der Waals surface area contributed by atoms with Crippen LogP contribution >= 0.6 is 0 Å². The summed E-state index contributed by atoms with van der Waals surface area (Å²) < 4.78 is 5.72. The van der Waals surface area contributed by atoms with Crippen LogP contribution in [-0.2, 0) is 4.74 Å². The van der Waals surface area contributed by atoms with E-state index in [4.69, 9.17) is 4.74 Å². The molecule has 2 heteroatoms. The molecule has 0 bridgehead atoms. The smallest absolute Gasteiger partial charge is 0.0750 e. The van der Waals surface area contributed by atoms with Crippen LogP contribution in [-0.4, -0.2) is 25.8 Å². The minimum atomic E-state index is -0.0242. The maximum absolute atomic E-state index is 5.72. The van der Waals surface area contributed by atoms with Gasteiger partial charge in [-0.15, -0.1) is 0 Å². The third kappa shape index (κ3) is 11.9. The topological polar surface area (TPSA) is 21.3 Å². The highest BCUT2D eigenvalue weighted by atomic mass is 16.5. The SMILES string of the molecule is CC.CNCC(C)(C)OCCC(C)C. The monoisotopic (exact) mass is 203 g/mol. The van der Waals surface area contributed by atoms with Crippen molar-refractivity contribution in [2.24, 2.45) is 5.92 Å². The van der Waals surface area contributed by atoms with Crippen LogP contribution in [0.2, 0.25) is 0 Å². The zero-order chi connectivity index (χ0) is 11.6. The summed E-state index contributed by atoms with van der Waals surface area (Å²) in [5.41, 5.74) is -0.0242. The number of likely N-dealkylation sites (N-methyl/N-ethyl adjacent to an activating group) is 1. The second-order valence-corrected chi connectivity index (χ2v) is 4.32. The van der Waals surface area contributed by atoms with Crippen LogP contribution in [0.4, 0.5) is 0 Å². The first-order valence-electron chi connectivity index (χ1n) is 5.76. The van der Waals surface area contributed by atoms with E-state index in [9.17, 15) is 0 Å². The Bertz CT molecular complexity index is 111. The van der Waals surface area contributed by atoms with E-state index in [-0.39, 0.29) is 5.60 Å². The first kappa shape index (κ1) is 16.4. The van der Waals surface area contributed by atoms with E-state index in [0.717, 1.165) is 25.5 Å². The Morgan fingerprint density at radius 2 is 1.71 bits per heavy atom. The van der Waals surface area contributed by atoms with Gasteiger partial charge in [0.15, 0.2) is 0 Å². The molecule has 0 unspecified atom stereocenters. The first-order chi connectivity index (χ1) is 6.48. The van der Waals surface area contributed by atoms with Crippen molar-refractivity contribution in [1.82, 2.24) is 5.32 Å². The molecule has 0 atom stereocenters. The molecule has 0 aromatic carbocycles. The highest BCUT2D eigenvalue weighted by molar-refractivity contribution is 4.70. The summed E-state index contributed by atoms with van der Waals surface area (Å²) >= 11 is 0. The molecule has 0 aliphatic heterocycles. The lowest BCUT2D eigenvalue weighted by molar-refractivity contribution is -0.0196. The zero-order valence-electron chi connectivity index (χ0n) is 11.1. The Morgan fingerprint density at radius 3 is 2.07 bits per heavy atom. The van der Waals surface area contributed by atoms with Crippen LogP contribution in [0.25, 0.3) is 0 Å². The molecule has 0 amide bonds. The molecule has 1 N–H and O–H groups in total. The summed E-state index contributed by atoms with van der Waals surface area (Å²) in [6.45, 7) is 14.4. The van der Waals surface area contributed by atoms with Crippen molar-refractivity contribution in [3.8, 4) is 0 Å². The second kappa shape index (κ2) is 9.47. The van der Waals surface area contributed by atoms with Crippen LogP contribution in [0.5, 0.6) is 0 Å². The Hall–Kier alpha value is -0.0800. The maximum Gasteiger partial charge on any atom is 0.0750 e. The third-order valence-electron chi connectivity index (χ3n) is 1.79. The zero-order valence-corrected chi connectivity index (χ0v) is 11.1. The molecule has 0 aliphatic rings. The molecule has 88 valence electrons. The van der Waals surface area contributed by atoms with Crippen molar-refractivity contribution >= 4 is 0 Å². The summed E-state index contributed by atoms with van der Waals surface area (Å²) in [4.78, 5) is 0. The predicted octanol–water partition coefficient (Wildman–Crippen LogP) is 3.07. The van der Waals surface area contributed by atoms with Crippen molar-refractivity contribution in [1.29, 1.82) is 0 Å². The Kier molecular flexibility index (Phi) is 11.1. The normalized spacial score (nSPS) is 11.1. The average molecular weight is 203 g/mol. The molecule has 0 saturated heterocycles. The highest BCUT2D eigenvalue weighted by Gasteiger charge is 2.16. The van der Waals surface area contributed by atoms with Gasteiger partial charge in [0.05, 0.1) is 5.60 Å². The lowest BCUT2D eigenvalue weighted by atomic mass is 10.1. The minimum absolute atomic E-state index is 0.0242. The minimum Gasteiger partial charge on any atom is -0.374 e. The van der Waals surface area contributed by atoms with Gasteiger partial charge in [-0.2, -0.15) is 0 Å². The van der Waals surface area contributed by atoms with E-state index in [1.807, 2.05) is 20.9 Å². The molecule has 0 aromatic heterocycles. The van der Waals surface area contributed by atoms with Gasteiger partial charge < -0.3 is 10.1 Å². The number of ether oxygens (including phenoxy) is 1. The van der Waals surface area contributed by atoms with Gasteiger partial charge in [-0.25, -0.2) is 0 Å². The van der Waals surface area contributed by atoms with E-state index in [0.29, 0.717) is 0 Å². The van der Waals surface area contributed by atoms with Gasteiger partial charge in [-0.05, 0) is 33.2 Å².